The first kappa shape index (κ1) is 19.2. The van der Waals surface area contributed by atoms with Gasteiger partial charge in [0, 0.05) is 5.02 Å². The predicted molar refractivity (Wildman–Crippen MR) is 116 cm³/mol. The second kappa shape index (κ2) is 8.50. The molecule has 0 saturated carbocycles. The van der Waals surface area contributed by atoms with Crippen molar-refractivity contribution in [3.8, 4) is 11.3 Å². The third kappa shape index (κ3) is 4.67. The molecule has 0 radical (unpaired) electrons. The van der Waals surface area contributed by atoms with Gasteiger partial charge in [0.25, 0.3) is 0 Å². The van der Waals surface area contributed by atoms with Crippen molar-refractivity contribution < 1.29 is 0 Å². The van der Waals surface area contributed by atoms with E-state index >= 15 is 0 Å². The summed E-state index contributed by atoms with van der Waals surface area (Å²) in [6, 6.07) is 18.0. The molecule has 2 aromatic heterocycles. The summed E-state index contributed by atoms with van der Waals surface area (Å²) in [5.41, 5.74) is 14.6. The van der Waals surface area contributed by atoms with Gasteiger partial charge < -0.3 is 16.0 Å². The lowest BCUT2D eigenvalue weighted by molar-refractivity contribution is 0.714. The van der Waals surface area contributed by atoms with Crippen molar-refractivity contribution in [3.63, 3.8) is 0 Å². The van der Waals surface area contributed by atoms with Crippen LogP contribution in [-0.2, 0) is 12.3 Å². The standard InChI is InChI=1S/C20H18ClN7S/c21-15-8-6-14(7-9-15)16-10-24-20(28(16)11-13-4-2-1-3-5-13)29-12-17-25-18(22)27-19(23)26-17/h1-10H,11-12H2,(H4,22,23,25,26,27). The second-order valence-electron chi connectivity index (χ2n) is 6.26. The Kier molecular flexibility index (Phi) is 5.64. The highest BCUT2D eigenvalue weighted by atomic mass is 35.5. The lowest BCUT2D eigenvalue weighted by atomic mass is 10.1. The van der Waals surface area contributed by atoms with E-state index in [9.17, 15) is 0 Å². The molecule has 0 saturated heterocycles. The molecule has 4 N–H and O–H groups in total. The molecular formula is C20H18ClN7S. The number of benzene rings is 2. The number of nitrogens with zero attached hydrogens (tertiary/aromatic N) is 5. The van der Waals surface area contributed by atoms with Gasteiger partial charge >= 0.3 is 0 Å². The number of halogens is 1. The molecule has 4 aromatic rings. The normalized spacial score (nSPS) is 10.9. The van der Waals surface area contributed by atoms with E-state index in [1.54, 1.807) is 0 Å². The van der Waals surface area contributed by atoms with Gasteiger partial charge in [-0.05, 0) is 23.3 Å². The van der Waals surface area contributed by atoms with Crippen molar-refractivity contribution >= 4 is 35.3 Å². The van der Waals surface area contributed by atoms with E-state index in [1.165, 1.54) is 17.3 Å². The Morgan fingerprint density at radius 2 is 1.59 bits per heavy atom. The van der Waals surface area contributed by atoms with Crippen LogP contribution in [0.4, 0.5) is 11.9 Å². The zero-order chi connectivity index (χ0) is 20.2. The first-order valence-corrected chi connectivity index (χ1v) is 10.2. The molecule has 0 bridgehead atoms. The Labute approximate surface area is 177 Å². The van der Waals surface area contributed by atoms with Crippen molar-refractivity contribution in [3.05, 3.63) is 77.2 Å². The van der Waals surface area contributed by atoms with Crippen LogP contribution in [0.25, 0.3) is 11.3 Å². The van der Waals surface area contributed by atoms with Gasteiger partial charge in [-0.2, -0.15) is 15.0 Å². The largest absolute Gasteiger partial charge is 0.368 e. The predicted octanol–water partition coefficient (Wildman–Crippen LogP) is 3.89. The van der Waals surface area contributed by atoms with Crippen LogP contribution in [-0.4, -0.2) is 24.5 Å². The molecule has 0 aliphatic heterocycles. The van der Waals surface area contributed by atoms with Gasteiger partial charge in [-0.3, -0.25) is 0 Å². The summed E-state index contributed by atoms with van der Waals surface area (Å²) in [4.78, 5) is 16.7. The minimum absolute atomic E-state index is 0.114. The molecule has 0 aliphatic rings. The second-order valence-corrected chi connectivity index (χ2v) is 7.64. The van der Waals surface area contributed by atoms with E-state index in [2.05, 4.69) is 36.6 Å². The maximum absolute atomic E-state index is 6.05. The molecule has 9 heteroatoms. The monoisotopic (exact) mass is 423 g/mol. The number of aromatic nitrogens is 5. The number of nitrogen functional groups attached to an aromatic ring is 2. The summed E-state index contributed by atoms with van der Waals surface area (Å²) in [6.07, 6.45) is 1.87. The summed E-state index contributed by atoms with van der Waals surface area (Å²) in [6.45, 7) is 0.683. The molecule has 0 spiro atoms. The molecule has 2 heterocycles. The lowest BCUT2D eigenvalue weighted by Crippen LogP contribution is -2.07. The number of rotatable bonds is 6. The van der Waals surface area contributed by atoms with Gasteiger partial charge in [0.05, 0.1) is 24.2 Å². The van der Waals surface area contributed by atoms with Crippen LogP contribution in [0.5, 0.6) is 0 Å². The van der Waals surface area contributed by atoms with Gasteiger partial charge in [0.2, 0.25) is 11.9 Å². The van der Waals surface area contributed by atoms with Crippen molar-refractivity contribution in [2.45, 2.75) is 17.5 Å². The zero-order valence-electron chi connectivity index (χ0n) is 15.4. The number of imidazole rings is 1. The van der Waals surface area contributed by atoms with Crippen molar-refractivity contribution in [2.24, 2.45) is 0 Å². The van der Waals surface area contributed by atoms with Crippen LogP contribution < -0.4 is 11.5 Å². The number of hydrogen-bond acceptors (Lipinski definition) is 7. The average molecular weight is 424 g/mol. The Morgan fingerprint density at radius 1 is 0.897 bits per heavy atom. The maximum atomic E-state index is 6.05. The molecule has 2 aromatic carbocycles. The van der Waals surface area contributed by atoms with Gasteiger partial charge in [-0.1, -0.05) is 65.8 Å². The number of nitrogens with two attached hydrogens (primary N) is 2. The fourth-order valence-electron chi connectivity index (χ4n) is 2.89. The fourth-order valence-corrected chi connectivity index (χ4v) is 3.85. The van der Waals surface area contributed by atoms with Gasteiger partial charge in [0.1, 0.15) is 5.82 Å². The Morgan fingerprint density at radius 3 is 2.28 bits per heavy atom. The SMILES string of the molecule is Nc1nc(N)nc(CSc2ncc(-c3ccc(Cl)cc3)n2Cc2ccccc2)n1. The minimum atomic E-state index is 0.114. The topological polar surface area (TPSA) is 109 Å². The number of anilines is 2. The van der Waals surface area contributed by atoms with Crippen molar-refractivity contribution in [1.29, 1.82) is 0 Å². The maximum Gasteiger partial charge on any atom is 0.225 e. The zero-order valence-corrected chi connectivity index (χ0v) is 16.9. The third-order valence-electron chi connectivity index (χ3n) is 4.19. The summed E-state index contributed by atoms with van der Waals surface area (Å²) in [5, 5.41) is 1.54. The van der Waals surface area contributed by atoms with Crippen LogP contribution >= 0.6 is 23.4 Å². The molecule has 4 rings (SSSR count). The molecular weight excluding hydrogens is 406 g/mol. The first-order chi connectivity index (χ1) is 14.1. The van der Waals surface area contributed by atoms with E-state index in [1.807, 2.05) is 48.7 Å². The van der Waals surface area contributed by atoms with E-state index in [0.29, 0.717) is 23.1 Å². The van der Waals surface area contributed by atoms with Crippen LogP contribution in [0.2, 0.25) is 5.02 Å². The molecule has 0 unspecified atom stereocenters. The highest BCUT2D eigenvalue weighted by molar-refractivity contribution is 7.98. The number of hydrogen-bond donors (Lipinski definition) is 2. The summed E-state index contributed by atoms with van der Waals surface area (Å²) in [7, 11) is 0. The summed E-state index contributed by atoms with van der Waals surface area (Å²) < 4.78 is 2.16. The average Bonchev–Trinajstić information content (AvgIpc) is 3.09. The van der Waals surface area contributed by atoms with Crippen molar-refractivity contribution in [1.82, 2.24) is 24.5 Å². The quantitative estimate of drug-likeness (QED) is 0.452. The first-order valence-electron chi connectivity index (χ1n) is 8.82. The summed E-state index contributed by atoms with van der Waals surface area (Å²) in [5.74, 6) is 1.22. The highest BCUT2D eigenvalue weighted by Crippen LogP contribution is 2.29. The smallest absolute Gasteiger partial charge is 0.225 e. The highest BCUT2D eigenvalue weighted by Gasteiger charge is 2.14. The van der Waals surface area contributed by atoms with Gasteiger partial charge in [-0.15, -0.1) is 0 Å². The van der Waals surface area contributed by atoms with Gasteiger partial charge in [-0.25, -0.2) is 4.98 Å². The van der Waals surface area contributed by atoms with E-state index in [4.69, 9.17) is 23.1 Å². The Balaban J connectivity index is 1.66. The summed E-state index contributed by atoms with van der Waals surface area (Å²) >= 11 is 7.57. The lowest BCUT2D eigenvalue weighted by Gasteiger charge is -2.12. The van der Waals surface area contributed by atoms with Crippen molar-refractivity contribution in [2.75, 3.05) is 11.5 Å². The van der Waals surface area contributed by atoms with Crippen LogP contribution in [0.1, 0.15) is 11.4 Å². The molecule has 0 fully saturated rings. The van der Waals surface area contributed by atoms with E-state index in [0.717, 1.165) is 16.4 Å². The van der Waals surface area contributed by atoms with E-state index < -0.39 is 0 Å². The minimum Gasteiger partial charge on any atom is -0.368 e. The molecule has 7 nitrogen and oxygen atoms in total. The molecule has 29 heavy (non-hydrogen) atoms. The van der Waals surface area contributed by atoms with Crippen LogP contribution in [0, 0.1) is 0 Å². The Bertz CT molecular complexity index is 1090. The molecule has 0 aliphatic carbocycles. The molecule has 146 valence electrons. The fraction of sp³-hybridized carbons (Fsp3) is 0.100. The number of thioether (sulfide) groups is 1. The van der Waals surface area contributed by atoms with Gasteiger partial charge in [0.15, 0.2) is 5.16 Å². The third-order valence-corrected chi connectivity index (χ3v) is 5.43. The molecule has 0 amide bonds. The van der Waals surface area contributed by atoms with Crippen LogP contribution in [0.3, 0.4) is 0 Å². The van der Waals surface area contributed by atoms with E-state index in [-0.39, 0.29) is 11.9 Å². The van der Waals surface area contributed by atoms with Crippen LogP contribution in [0.15, 0.2) is 66.0 Å². The Hall–Kier alpha value is -3.10. The molecule has 0 atom stereocenters.